The minimum Gasteiger partial charge on any atom is -0.357 e. The minimum atomic E-state index is -0.231. The number of rotatable bonds is 2. The zero-order chi connectivity index (χ0) is 17.9. The SMILES string of the molecule is CC1(C)C[C@]2(C(=O)N3CCCCC3)CN(c3ncnc4cc[nH]c34)C[C@H]12. The average Bonchev–Trinajstić information content (AvgIpc) is 3.25. The van der Waals surface area contributed by atoms with Crippen molar-refractivity contribution in [3.05, 3.63) is 18.6 Å². The van der Waals surface area contributed by atoms with Crippen LogP contribution >= 0.6 is 0 Å². The van der Waals surface area contributed by atoms with Gasteiger partial charge in [-0.2, -0.15) is 0 Å². The Morgan fingerprint density at radius 2 is 2.04 bits per heavy atom. The Hall–Kier alpha value is -2.11. The van der Waals surface area contributed by atoms with Gasteiger partial charge in [-0.15, -0.1) is 0 Å². The quantitative estimate of drug-likeness (QED) is 0.902. The monoisotopic (exact) mass is 353 g/mol. The highest BCUT2D eigenvalue weighted by atomic mass is 16.2. The third-order valence-electron chi connectivity index (χ3n) is 6.95. The molecule has 2 aromatic heterocycles. The van der Waals surface area contributed by atoms with Crippen LogP contribution in [0.3, 0.4) is 0 Å². The molecule has 5 rings (SSSR count). The largest absolute Gasteiger partial charge is 0.357 e. The van der Waals surface area contributed by atoms with Gasteiger partial charge in [-0.1, -0.05) is 13.8 Å². The lowest BCUT2D eigenvalue weighted by atomic mass is 9.47. The molecule has 0 aromatic carbocycles. The third-order valence-corrected chi connectivity index (χ3v) is 6.95. The number of amides is 1. The number of aromatic amines is 1. The van der Waals surface area contributed by atoms with Gasteiger partial charge in [-0.3, -0.25) is 4.79 Å². The number of carbonyl (C=O) groups excluding carboxylic acids is 1. The van der Waals surface area contributed by atoms with Gasteiger partial charge < -0.3 is 14.8 Å². The predicted molar refractivity (Wildman–Crippen MR) is 101 cm³/mol. The van der Waals surface area contributed by atoms with E-state index in [0.29, 0.717) is 11.8 Å². The van der Waals surface area contributed by atoms with Crippen molar-refractivity contribution < 1.29 is 4.79 Å². The Balaban J connectivity index is 1.49. The number of likely N-dealkylation sites (tertiary alicyclic amines) is 1. The summed E-state index contributed by atoms with van der Waals surface area (Å²) in [5.74, 6) is 1.72. The zero-order valence-corrected chi connectivity index (χ0v) is 15.7. The summed E-state index contributed by atoms with van der Waals surface area (Å²) in [4.78, 5) is 30.2. The van der Waals surface area contributed by atoms with Gasteiger partial charge in [0.2, 0.25) is 5.91 Å². The second kappa shape index (κ2) is 5.44. The highest BCUT2D eigenvalue weighted by molar-refractivity contribution is 5.89. The number of carbonyl (C=O) groups is 1. The van der Waals surface area contributed by atoms with Crippen LogP contribution in [0.25, 0.3) is 11.0 Å². The van der Waals surface area contributed by atoms with Gasteiger partial charge in [0, 0.05) is 32.4 Å². The highest BCUT2D eigenvalue weighted by Gasteiger charge is 2.67. The van der Waals surface area contributed by atoms with Gasteiger partial charge in [0.15, 0.2) is 5.82 Å². The maximum atomic E-state index is 13.5. The summed E-state index contributed by atoms with van der Waals surface area (Å²) >= 11 is 0. The van der Waals surface area contributed by atoms with Crippen molar-refractivity contribution in [3.63, 3.8) is 0 Å². The van der Waals surface area contributed by atoms with E-state index in [-0.39, 0.29) is 10.8 Å². The zero-order valence-electron chi connectivity index (χ0n) is 15.7. The first-order valence-corrected chi connectivity index (χ1v) is 9.84. The molecule has 6 heteroatoms. The molecular weight excluding hydrogens is 326 g/mol. The molecule has 4 heterocycles. The van der Waals surface area contributed by atoms with Crippen LogP contribution in [0.2, 0.25) is 0 Å². The molecule has 0 bridgehead atoms. The number of anilines is 1. The Morgan fingerprint density at radius 1 is 1.23 bits per heavy atom. The van der Waals surface area contributed by atoms with E-state index >= 15 is 0 Å². The van der Waals surface area contributed by atoms with Gasteiger partial charge in [-0.05, 0) is 43.1 Å². The number of piperidine rings is 1. The van der Waals surface area contributed by atoms with Crippen LogP contribution in [-0.2, 0) is 4.79 Å². The summed E-state index contributed by atoms with van der Waals surface area (Å²) in [5, 5.41) is 0. The molecule has 2 aromatic rings. The van der Waals surface area contributed by atoms with E-state index in [4.69, 9.17) is 0 Å². The van der Waals surface area contributed by atoms with Crippen molar-refractivity contribution in [2.24, 2.45) is 16.7 Å². The van der Waals surface area contributed by atoms with E-state index < -0.39 is 0 Å². The van der Waals surface area contributed by atoms with Crippen molar-refractivity contribution >= 4 is 22.8 Å². The lowest BCUT2D eigenvalue weighted by Crippen LogP contribution is -2.61. The molecule has 1 amide bonds. The van der Waals surface area contributed by atoms with Crippen LogP contribution in [-0.4, -0.2) is 51.9 Å². The number of H-pyrrole nitrogens is 1. The summed E-state index contributed by atoms with van der Waals surface area (Å²) in [6, 6.07) is 1.98. The van der Waals surface area contributed by atoms with E-state index in [0.717, 1.165) is 62.3 Å². The summed E-state index contributed by atoms with van der Waals surface area (Å²) < 4.78 is 0. The Bertz CT molecular complexity index is 853. The summed E-state index contributed by atoms with van der Waals surface area (Å²) in [6.45, 7) is 8.17. The molecular formula is C20H27N5O. The number of hydrogen-bond donors (Lipinski definition) is 1. The average molecular weight is 353 g/mol. The molecule has 3 fully saturated rings. The Labute approximate surface area is 154 Å². The third kappa shape index (κ3) is 2.14. The molecule has 3 aliphatic rings. The molecule has 1 saturated carbocycles. The number of nitrogens with one attached hydrogen (secondary N) is 1. The molecule has 0 radical (unpaired) electrons. The first-order valence-electron chi connectivity index (χ1n) is 9.84. The van der Waals surface area contributed by atoms with Crippen LogP contribution in [0.5, 0.6) is 0 Å². The normalized spacial score (nSPS) is 30.3. The predicted octanol–water partition coefficient (Wildman–Crippen LogP) is 2.82. The first-order chi connectivity index (χ1) is 12.5. The first kappa shape index (κ1) is 16.1. The number of nitrogens with zero attached hydrogens (tertiary/aromatic N) is 4. The molecule has 1 aliphatic carbocycles. The molecule has 2 saturated heterocycles. The van der Waals surface area contributed by atoms with E-state index in [1.165, 1.54) is 6.42 Å². The van der Waals surface area contributed by atoms with Crippen molar-refractivity contribution in [3.8, 4) is 0 Å². The Morgan fingerprint density at radius 3 is 2.81 bits per heavy atom. The number of hydrogen-bond acceptors (Lipinski definition) is 4. The second-order valence-electron chi connectivity index (χ2n) is 9.04. The molecule has 26 heavy (non-hydrogen) atoms. The van der Waals surface area contributed by atoms with Crippen molar-refractivity contribution in [1.82, 2.24) is 19.9 Å². The smallest absolute Gasteiger partial charge is 0.230 e. The fourth-order valence-corrected chi connectivity index (χ4v) is 5.85. The number of aromatic nitrogens is 3. The maximum Gasteiger partial charge on any atom is 0.230 e. The molecule has 6 nitrogen and oxygen atoms in total. The lowest BCUT2D eigenvalue weighted by molar-refractivity contribution is -0.164. The van der Waals surface area contributed by atoms with Crippen LogP contribution in [0.1, 0.15) is 39.5 Å². The fourth-order valence-electron chi connectivity index (χ4n) is 5.85. The van der Waals surface area contributed by atoms with Crippen molar-refractivity contribution in [2.75, 3.05) is 31.1 Å². The summed E-state index contributed by atoms with van der Waals surface area (Å²) in [6.07, 6.45) is 8.07. The Kier molecular flexibility index (Phi) is 3.37. The van der Waals surface area contributed by atoms with Gasteiger partial charge >= 0.3 is 0 Å². The fraction of sp³-hybridized carbons (Fsp3) is 0.650. The van der Waals surface area contributed by atoms with E-state index in [2.05, 4.69) is 38.6 Å². The van der Waals surface area contributed by atoms with Gasteiger partial charge in [-0.25, -0.2) is 9.97 Å². The van der Waals surface area contributed by atoms with E-state index in [1.807, 2.05) is 12.3 Å². The molecule has 0 spiro atoms. The van der Waals surface area contributed by atoms with E-state index in [9.17, 15) is 4.79 Å². The van der Waals surface area contributed by atoms with Gasteiger partial charge in [0.05, 0.1) is 10.9 Å². The summed E-state index contributed by atoms with van der Waals surface area (Å²) in [7, 11) is 0. The standard InChI is InChI=1S/C20H27N5O/c1-19(2)11-20(18(26)24-8-4-3-5-9-24)12-25(10-15(19)20)17-16-14(6-7-21-16)22-13-23-17/h6-7,13,15,21H,3-5,8-12H2,1-2H3/t15-,20+/m1/s1. The van der Waals surface area contributed by atoms with Crippen molar-refractivity contribution in [1.29, 1.82) is 0 Å². The van der Waals surface area contributed by atoms with Crippen LogP contribution in [0.4, 0.5) is 5.82 Å². The van der Waals surface area contributed by atoms with Gasteiger partial charge in [0.25, 0.3) is 0 Å². The maximum absolute atomic E-state index is 13.5. The van der Waals surface area contributed by atoms with E-state index in [1.54, 1.807) is 6.33 Å². The summed E-state index contributed by atoms with van der Waals surface area (Å²) in [5.41, 5.74) is 1.89. The minimum absolute atomic E-state index is 0.210. The highest BCUT2D eigenvalue weighted by Crippen LogP contribution is 2.64. The van der Waals surface area contributed by atoms with Crippen molar-refractivity contribution in [2.45, 2.75) is 39.5 Å². The molecule has 2 atom stereocenters. The molecule has 1 N–H and O–H groups in total. The molecule has 0 unspecified atom stereocenters. The lowest BCUT2D eigenvalue weighted by Gasteiger charge is -2.56. The number of fused-ring (bicyclic) bond motifs is 2. The van der Waals surface area contributed by atoms with Crippen LogP contribution in [0.15, 0.2) is 18.6 Å². The van der Waals surface area contributed by atoms with Crippen LogP contribution < -0.4 is 4.90 Å². The van der Waals surface area contributed by atoms with Gasteiger partial charge in [0.1, 0.15) is 11.8 Å². The topological polar surface area (TPSA) is 65.1 Å². The molecule has 138 valence electrons. The molecule has 2 aliphatic heterocycles. The second-order valence-corrected chi connectivity index (χ2v) is 9.04. The van der Waals surface area contributed by atoms with Crippen LogP contribution in [0, 0.1) is 16.7 Å².